The first-order chi connectivity index (χ1) is 9.79. The number of anilines is 1. The van der Waals surface area contributed by atoms with Gasteiger partial charge in [0.25, 0.3) is 0 Å². The fourth-order valence-corrected chi connectivity index (χ4v) is 2.12. The molecule has 0 aliphatic rings. The maximum absolute atomic E-state index is 11.7. The molecule has 0 aliphatic heterocycles. The number of benzene rings is 1. The predicted molar refractivity (Wildman–Crippen MR) is 83.6 cm³/mol. The van der Waals surface area contributed by atoms with Crippen molar-refractivity contribution in [1.82, 2.24) is 5.32 Å². The van der Waals surface area contributed by atoms with Crippen LogP contribution < -0.4 is 10.6 Å². The molecule has 2 unspecified atom stereocenters. The Morgan fingerprint density at radius 2 is 1.90 bits per heavy atom. The number of halogens is 2. The van der Waals surface area contributed by atoms with Crippen molar-refractivity contribution in [3.05, 3.63) is 28.2 Å². The van der Waals surface area contributed by atoms with Crippen LogP contribution in [0, 0.1) is 5.92 Å². The van der Waals surface area contributed by atoms with E-state index in [1.165, 1.54) is 12.1 Å². The van der Waals surface area contributed by atoms with Crippen molar-refractivity contribution in [2.75, 3.05) is 11.9 Å². The highest BCUT2D eigenvalue weighted by molar-refractivity contribution is 6.42. The van der Waals surface area contributed by atoms with E-state index in [4.69, 9.17) is 23.2 Å². The van der Waals surface area contributed by atoms with Gasteiger partial charge in [-0.2, -0.15) is 0 Å². The first-order valence-corrected chi connectivity index (χ1v) is 7.27. The second kappa shape index (κ2) is 8.22. The number of carbonyl (C=O) groups is 2. The van der Waals surface area contributed by atoms with Crippen molar-refractivity contribution >= 4 is 40.7 Å². The number of hydrogen-bond acceptors (Lipinski definition) is 3. The van der Waals surface area contributed by atoms with Gasteiger partial charge in [0, 0.05) is 11.6 Å². The molecule has 0 aromatic heterocycles. The molecule has 0 saturated heterocycles. The third kappa shape index (κ3) is 6.33. The summed E-state index contributed by atoms with van der Waals surface area (Å²) in [6, 6.07) is 4.57. The average molecular weight is 333 g/mol. The fourth-order valence-electron chi connectivity index (χ4n) is 1.79. The van der Waals surface area contributed by atoms with Gasteiger partial charge >= 0.3 is 11.8 Å². The van der Waals surface area contributed by atoms with E-state index in [0.29, 0.717) is 23.0 Å². The van der Waals surface area contributed by atoms with Crippen LogP contribution in [0.1, 0.15) is 20.3 Å². The smallest absolute Gasteiger partial charge is 0.313 e. The molecule has 1 aromatic rings. The minimum absolute atomic E-state index is 0.0662. The van der Waals surface area contributed by atoms with Crippen molar-refractivity contribution in [1.29, 1.82) is 0 Å². The molecular formula is C14H18Cl2N2O3. The third-order valence-corrected chi connectivity index (χ3v) is 3.30. The lowest BCUT2D eigenvalue weighted by Crippen LogP contribution is -2.38. The van der Waals surface area contributed by atoms with Gasteiger partial charge in [-0.05, 0) is 37.5 Å². The maximum atomic E-state index is 11.7. The maximum Gasteiger partial charge on any atom is 0.313 e. The van der Waals surface area contributed by atoms with Gasteiger partial charge in [-0.25, -0.2) is 0 Å². The molecule has 0 saturated carbocycles. The molecule has 1 rings (SSSR count). The molecule has 21 heavy (non-hydrogen) atoms. The van der Waals surface area contributed by atoms with Crippen LogP contribution in [0.4, 0.5) is 5.69 Å². The Hall–Kier alpha value is -1.30. The Kier molecular flexibility index (Phi) is 6.95. The van der Waals surface area contributed by atoms with Crippen LogP contribution in [0.3, 0.4) is 0 Å². The number of carbonyl (C=O) groups excluding carboxylic acids is 2. The molecule has 1 aromatic carbocycles. The van der Waals surface area contributed by atoms with E-state index in [1.54, 1.807) is 13.0 Å². The number of rotatable bonds is 5. The summed E-state index contributed by atoms with van der Waals surface area (Å²) in [5.74, 6) is -1.51. The van der Waals surface area contributed by atoms with Gasteiger partial charge in [0.1, 0.15) is 0 Å². The van der Waals surface area contributed by atoms with E-state index < -0.39 is 17.9 Å². The van der Waals surface area contributed by atoms with Gasteiger partial charge in [0.2, 0.25) is 0 Å². The van der Waals surface area contributed by atoms with Gasteiger partial charge < -0.3 is 15.7 Å². The molecule has 5 nitrogen and oxygen atoms in total. The summed E-state index contributed by atoms with van der Waals surface area (Å²) in [6.07, 6.45) is 0.0955. The lowest BCUT2D eigenvalue weighted by Gasteiger charge is -2.14. The Balaban J connectivity index is 2.51. The zero-order valence-electron chi connectivity index (χ0n) is 11.8. The van der Waals surface area contributed by atoms with Crippen LogP contribution in [0.2, 0.25) is 10.0 Å². The van der Waals surface area contributed by atoms with E-state index in [2.05, 4.69) is 10.6 Å². The molecule has 2 atom stereocenters. The molecule has 0 aliphatic carbocycles. The van der Waals surface area contributed by atoms with E-state index in [-0.39, 0.29) is 11.6 Å². The molecule has 3 N–H and O–H groups in total. The SMILES string of the molecule is CC(O)CC(C)CNC(=O)C(=O)Nc1cc(Cl)ccc1Cl. The summed E-state index contributed by atoms with van der Waals surface area (Å²) in [5.41, 5.74) is 0.279. The number of amides is 2. The monoisotopic (exact) mass is 332 g/mol. The Bertz CT molecular complexity index is 521. The van der Waals surface area contributed by atoms with Crippen LogP contribution >= 0.6 is 23.2 Å². The molecule has 0 fully saturated rings. The number of hydrogen-bond donors (Lipinski definition) is 3. The second-order valence-corrected chi connectivity index (χ2v) is 5.82. The summed E-state index contributed by atoms with van der Waals surface area (Å²) in [5, 5.41) is 14.8. The molecular weight excluding hydrogens is 315 g/mol. The lowest BCUT2D eigenvalue weighted by molar-refractivity contribution is -0.136. The Labute approximate surface area is 133 Å². The van der Waals surface area contributed by atoms with Crippen molar-refractivity contribution in [3.8, 4) is 0 Å². The third-order valence-electron chi connectivity index (χ3n) is 2.74. The van der Waals surface area contributed by atoms with E-state index in [0.717, 1.165) is 0 Å². The van der Waals surface area contributed by atoms with Gasteiger partial charge in [-0.1, -0.05) is 30.1 Å². The summed E-state index contributed by atoms with van der Waals surface area (Å²) < 4.78 is 0. The average Bonchev–Trinajstić information content (AvgIpc) is 2.39. The van der Waals surface area contributed by atoms with Gasteiger partial charge in [-0.3, -0.25) is 9.59 Å². The minimum Gasteiger partial charge on any atom is -0.393 e. The van der Waals surface area contributed by atoms with Crippen molar-refractivity contribution in [2.45, 2.75) is 26.4 Å². The molecule has 7 heteroatoms. The summed E-state index contributed by atoms with van der Waals surface area (Å²) in [7, 11) is 0. The van der Waals surface area contributed by atoms with Crippen LogP contribution in [-0.2, 0) is 9.59 Å². The van der Waals surface area contributed by atoms with E-state index in [9.17, 15) is 14.7 Å². The van der Waals surface area contributed by atoms with Crippen LogP contribution in [0.25, 0.3) is 0 Å². The molecule has 0 radical (unpaired) electrons. The highest BCUT2D eigenvalue weighted by atomic mass is 35.5. The largest absolute Gasteiger partial charge is 0.393 e. The summed E-state index contributed by atoms with van der Waals surface area (Å²) in [6.45, 7) is 3.85. The second-order valence-electron chi connectivity index (χ2n) is 4.98. The quantitative estimate of drug-likeness (QED) is 0.724. The molecule has 2 amide bonds. The lowest BCUT2D eigenvalue weighted by atomic mass is 10.0. The van der Waals surface area contributed by atoms with Gasteiger partial charge in [0.05, 0.1) is 16.8 Å². The van der Waals surface area contributed by atoms with E-state index >= 15 is 0 Å². The number of aliphatic hydroxyl groups excluding tert-OH is 1. The normalized spacial score (nSPS) is 13.4. The standard InChI is InChI=1S/C14H18Cl2N2O3/c1-8(5-9(2)19)7-17-13(20)14(21)18-12-6-10(15)3-4-11(12)16/h3-4,6,8-9,19H,5,7H2,1-2H3,(H,17,20)(H,18,21). The predicted octanol–water partition coefficient (Wildman–Crippen LogP) is 2.46. The van der Waals surface area contributed by atoms with E-state index in [1.807, 2.05) is 6.92 Å². The molecule has 0 bridgehead atoms. The minimum atomic E-state index is -0.816. The highest BCUT2D eigenvalue weighted by Gasteiger charge is 2.16. The van der Waals surface area contributed by atoms with Gasteiger partial charge in [-0.15, -0.1) is 0 Å². The van der Waals surface area contributed by atoms with Gasteiger partial charge in [0.15, 0.2) is 0 Å². The topological polar surface area (TPSA) is 78.4 Å². The summed E-state index contributed by atoms with van der Waals surface area (Å²) >= 11 is 11.7. The van der Waals surface area contributed by atoms with Crippen LogP contribution in [0.5, 0.6) is 0 Å². The fraction of sp³-hybridized carbons (Fsp3) is 0.429. The number of aliphatic hydroxyl groups is 1. The molecule has 0 spiro atoms. The van der Waals surface area contributed by atoms with Crippen molar-refractivity contribution in [3.63, 3.8) is 0 Å². The Morgan fingerprint density at radius 1 is 1.24 bits per heavy atom. The first kappa shape index (κ1) is 17.8. The Morgan fingerprint density at radius 3 is 2.52 bits per heavy atom. The van der Waals surface area contributed by atoms with Crippen molar-refractivity contribution < 1.29 is 14.7 Å². The molecule has 0 heterocycles. The van der Waals surface area contributed by atoms with Crippen LogP contribution in [-0.4, -0.2) is 29.6 Å². The summed E-state index contributed by atoms with van der Waals surface area (Å²) in [4.78, 5) is 23.4. The highest BCUT2D eigenvalue weighted by Crippen LogP contribution is 2.25. The van der Waals surface area contributed by atoms with Crippen LogP contribution in [0.15, 0.2) is 18.2 Å². The zero-order chi connectivity index (χ0) is 16.0. The zero-order valence-corrected chi connectivity index (χ0v) is 13.3. The molecule has 116 valence electrons. The number of nitrogens with one attached hydrogen (secondary N) is 2. The first-order valence-electron chi connectivity index (χ1n) is 6.52. The van der Waals surface area contributed by atoms with Crippen molar-refractivity contribution in [2.24, 2.45) is 5.92 Å².